The summed E-state index contributed by atoms with van der Waals surface area (Å²) in [6.45, 7) is 4.50. The summed E-state index contributed by atoms with van der Waals surface area (Å²) in [5.74, 6) is -0.612. The van der Waals surface area contributed by atoms with Crippen molar-refractivity contribution in [2.24, 2.45) is 0 Å². The van der Waals surface area contributed by atoms with Crippen molar-refractivity contribution in [3.05, 3.63) is 71.0 Å². The first kappa shape index (κ1) is 21.9. The third kappa shape index (κ3) is 5.68. The molecule has 1 aliphatic rings. The Hall–Kier alpha value is -3.30. The maximum atomic E-state index is 13.0. The lowest BCUT2D eigenvalue weighted by molar-refractivity contribution is -0.117. The first-order chi connectivity index (χ1) is 15.5. The number of hydrogen-bond donors (Lipinski definition) is 2. The highest BCUT2D eigenvalue weighted by molar-refractivity contribution is 7.14. The molecule has 0 aliphatic carbocycles. The zero-order chi connectivity index (χ0) is 22.5. The maximum Gasteiger partial charge on any atom is 0.273 e. The van der Waals surface area contributed by atoms with Crippen molar-refractivity contribution < 1.29 is 14.0 Å². The van der Waals surface area contributed by atoms with Gasteiger partial charge in [-0.1, -0.05) is 12.1 Å². The molecule has 2 aromatic carbocycles. The normalized spacial score (nSPS) is 14.2. The van der Waals surface area contributed by atoms with Crippen LogP contribution < -0.4 is 10.6 Å². The summed E-state index contributed by atoms with van der Waals surface area (Å²) in [4.78, 5) is 33.3. The van der Waals surface area contributed by atoms with Crippen molar-refractivity contribution in [3.8, 4) is 0 Å². The number of halogens is 1. The summed E-state index contributed by atoms with van der Waals surface area (Å²) in [5.41, 5.74) is 3.06. The summed E-state index contributed by atoms with van der Waals surface area (Å²) in [6, 6.07) is 13.6. The fourth-order valence-corrected chi connectivity index (χ4v) is 4.19. The summed E-state index contributed by atoms with van der Waals surface area (Å²) < 4.78 is 13.0. The number of hydrogen-bond acceptors (Lipinski definition) is 6. The molecule has 9 heteroatoms. The van der Waals surface area contributed by atoms with E-state index in [1.165, 1.54) is 35.6 Å². The van der Waals surface area contributed by atoms with Crippen LogP contribution in [0, 0.1) is 12.7 Å². The van der Waals surface area contributed by atoms with Crippen molar-refractivity contribution in [1.82, 2.24) is 14.8 Å². The molecule has 0 unspecified atom stereocenters. The van der Waals surface area contributed by atoms with Gasteiger partial charge in [-0.2, -0.15) is 0 Å². The number of anilines is 3. The Morgan fingerprint density at radius 1 is 1.06 bits per heavy atom. The Kier molecular flexibility index (Phi) is 6.77. The maximum absolute atomic E-state index is 13.0. The fraction of sp³-hybridized carbons (Fsp3) is 0.261. The minimum Gasteiger partial charge on any atom is -0.335 e. The van der Waals surface area contributed by atoms with Gasteiger partial charge in [-0.25, -0.2) is 9.37 Å². The number of piperazine rings is 1. The number of nitrogens with zero attached hydrogens (tertiary/aromatic N) is 3. The van der Waals surface area contributed by atoms with Crippen molar-refractivity contribution in [2.75, 3.05) is 43.4 Å². The van der Waals surface area contributed by atoms with Crippen LogP contribution in [0.2, 0.25) is 0 Å². The molecule has 1 saturated heterocycles. The molecule has 1 aliphatic heterocycles. The lowest BCUT2D eigenvalue weighted by Gasteiger charge is -2.33. The van der Waals surface area contributed by atoms with Crippen LogP contribution in [0.3, 0.4) is 0 Å². The minimum atomic E-state index is -0.345. The van der Waals surface area contributed by atoms with Gasteiger partial charge in [0.2, 0.25) is 5.91 Å². The molecule has 0 radical (unpaired) electrons. The van der Waals surface area contributed by atoms with Crippen LogP contribution in [-0.2, 0) is 4.79 Å². The van der Waals surface area contributed by atoms with Crippen LogP contribution in [-0.4, -0.2) is 59.3 Å². The van der Waals surface area contributed by atoms with Gasteiger partial charge >= 0.3 is 0 Å². The van der Waals surface area contributed by atoms with E-state index in [0.717, 1.165) is 11.3 Å². The predicted molar refractivity (Wildman–Crippen MR) is 124 cm³/mol. The van der Waals surface area contributed by atoms with Gasteiger partial charge in [-0.15, -0.1) is 11.3 Å². The number of amides is 2. The molecular formula is C23H24FN5O2S. The number of carbonyl (C=O) groups excluding carboxylic acids is 2. The lowest BCUT2D eigenvalue weighted by Crippen LogP contribution is -2.50. The van der Waals surface area contributed by atoms with Crippen LogP contribution in [0.5, 0.6) is 0 Å². The van der Waals surface area contributed by atoms with Crippen LogP contribution in [0.4, 0.5) is 20.9 Å². The van der Waals surface area contributed by atoms with E-state index in [0.29, 0.717) is 42.7 Å². The number of aryl methyl sites for hydroxylation is 1. The second-order valence-corrected chi connectivity index (χ2v) is 8.51. The van der Waals surface area contributed by atoms with Gasteiger partial charge in [-0.05, 0) is 48.9 Å². The molecule has 32 heavy (non-hydrogen) atoms. The molecule has 4 rings (SSSR count). The molecule has 1 fully saturated rings. The van der Waals surface area contributed by atoms with Gasteiger partial charge in [0.25, 0.3) is 5.91 Å². The molecule has 0 atom stereocenters. The Morgan fingerprint density at radius 2 is 1.81 bits per heavy atom. The van der Waals surface area contributed by atoms with Gasteiger partial charge in [0.05, 0.1) is 6.54 Å². The quantitative estimate of drug-likeness (QED) is 0.595. The van der Waals surface area contributed by atoms with Crippen LogP contribution in [0.25, 0.3) is 0 Å². The smallest absolute Gasteiger partial charge is 0.273 e. The van der Waals surface area contributed by atoms with Gasteiger partial charge in [0, 0.05) is 42.9 Å². The van der Waals surface area contributed by atoms with Crippen molar-refractivity contribution >= 4 is 39.7 Å². The molecule has 0 bridgehead atoms. The first-order valence-electron chi connectivity index (χ1n) is 10.3. The SMILES string of the molecule is Cc1cccc(Nc2nc(C(=O)N3CCN(CC(=O)Nc4ccc(F)cc4)CC3)cs2)c1. The molecule has 0 saturated carbocycles. The van der Waals surface area contributed by atoms with Crippen LogP contribution >= 0.6 is 11.3 Å². The summed E-state index contributed by atoms with van der Waals surface area (Å²) in [6.07, 6.45) is 0. The molecule has 1 aromatic heterocycles. The van der Waals surface area contributed by atoms with E-state index in [9.17, 15) is 14.0 Å². The van der Waals surface area contributed by atoms with Crippen LogP contribution in [0.1, 0.15) is 16.1 Å². The number of benzene rings is 2. The molecular weight excluding hydrogens is 429 g/mol. The van der Waals surface area contributed by atoms with Crippen molar-refractivity contribution in [3.63, 3.8) is 0 Å². The van der Waals surface area contributed by atoms with Crippen molar-refractivity contribution in [2.45, 2.75) is 6.92 Å². The third-order valence-corrected chi connectivity index (χ3v) is 5.91. The number of thiazole rings is 1. The molecule has 2 amide bonds. The minimum absolute atomic E-state index is 0.103. The first-order valence-corrected chi connectivity index (χ1v) is 11.2. The summed E-state index contributed by atoms with van der Waals surface area (Å²) in [5, 5.41) is 8.44. The summed E-state index contributed by atoms with van der Waals surface area (Å²) in [7, 11) is 0. The summed E-state index contributed by atoms with van der Waals surface area (Å²) >= 11 is 1.40. The zero-order valence-electron chi connectivity index (χ0n) is 17.7. The fourth-order valence-electron chi connectivity index (χ4n) is 3.48. The number of carbonyl (C=O) groups is 2. The Labute approximate surface area is 189 Å². The van der Waals surface area contributed by atoms with E-state index in [-0.39, 0.29) is 24.2 Å². The number of nitrogens with one attached hydrogen (secondary N) is 2. The van der Waals surface area contributed by atoms with Gasteiger partial charge in [-0.3, -0.25) is 14.5 Å². The molecule has 7 nitrogen and oxygen atoms in total. The average Bonchev–Trinajstić information content (AvgIpc) is 3.24. The second-order valence-electron chi connectivity index (χ2n) is 7.66. The second kappa shape index (κ2) is 9.88. The Morgan fingerprint density at radius 3 is 2.53 bits per heavy atom. The van der Waals surface area contributed by atoms with Gasteiger partial charge < -0.3 is 15.5 Å². The molecule has 166 valence electrons. The molecule has 2 N–H and O–H groups in total. The molecule has 0 spiro atoms. The molecule has 3 aromatic rings. The monoisotopic (exact) mass is 453 g/mol. The highest BCUT2D eigenvalue weighted by atomic mass is 32.1. The Bertz CT molecular complexity index is 1090. The highest BCUT2D eigenvalue weighted by Crippen LogP contribution is 2.22. The zero-order valence-corrected chi connectivity index (χ0v) is 18.5. The molecule has 2 heterocycles. The van der Waals surface area contributed by atoms with E-state index in [2.05, 4.69) is 15.6 Å². The topological polar surface area (TPSA) is 77.6 Å². The largest absolute Gasteiger partial charge is 0.335 e. The highest BCUT2D eigenvalue weighted by Gasteiger charge is 2.25. The van der Waals surface area contributed by atoms with Gasteiger partial charge in [0.15, 0.2) is 5.13 Å². The van der Waals surface area contributed by atoms with E-state index >= 15 is 0 Å². The van der Waals surface area contributed by atoms with Crippen LogP contribution in [0.15, 0.2) is 53.9 Å². The number of rotatable bonds is 6. The van der Waals surface area contributed by atoms with Gasteiger partial charge in [0.1, 0.15) is 11.5 Å². The van der Waals surface area contributed by atoms with E-state index in [1.807, 2.05) is 36.1 Å². The van der Waals surface area contributed by atoms with E-state index in [4.69, 9.17) is 0 Å². The standard InChI is InChI=1S/C23H24FN5O2S/c1-16-3-2-4-19(13-16)26-23-27-20(15-32-23)22(31)29-11-9-28(10-12-29)14-21(30)25-18-7-5-17(24)6-8-18/h2-8,13,15H,9-12,14H2,1H3,(H,25,30)(H,26,27). The lowest BCUT2D eigenvalue weighted by atomic mass is 10.2. The van der Waals surface area contributed by atoms with Crippen molar-refractivity contribution in [1.29, 1.82) is 0 Å². The average molecular weight is 454 g/mol. The predicted octanol–water partition coefficient (Wildman–Crippen LogP) is 3.73. The van der Waals surface area contributed by atoms with E-state index in [1.54, 1.807) is 10.3 Å². The number of aromatic nitrogens is 1. The van der Waals surface area contributed by atoms with E-state index < -0.39 is 0 Å². The third-order valence-electron chi connectivity index (χ3n) is 5.15. The Balaban J connectivity index is 1.26.